The first-order valence-corrected chi connectivity index (χ1v) is 9.81. The summed E-state index contributed by atoms with van der Waals surface area (Å²) in [6, 6.07) is 5.50. The molecule has 27 heavy (non-hydrogen) atoms. The second kappa shape index (κ2) is 7.59. The third kappa shape index (κ3) is 4.68. The molecule has 0 fully saturated rings. The average Bonchev–Trinajstić information content (AvgIpc) is 2.54. The van der Waals surface area contributed by atoms with Crippen molar-refractivity contribution in [1.82, 2.24) is 0 Å². The van der Waals surface area contributed by atoms with E-state index in [1.54, 1.807) is 13.0 Å². The van der Waals surface area contributed by atoms with Gasteiger partial charge in [0.15, 0.2) is 0 Å². The molecule has 0 aromatic heterocycles. The van der Waals surface area contributed by atoms with Crippen molar-refractivity contribution in [1.29, 1.82) is 0 Å². The second-order valence-corrected chi connectivity index (χ2v) is 8.37. The van der Waals surface area contributed by atoms with Crippen LogP contribution in [0, 0.1) is 6.92 Å². The molecule has 0 aliphatic rings. The summed E-state index contributed by atoms with van der Waals surface area (Å²) in [5, 5.41) is -0.137. The number of methoxy groups -OCH3 is 1. The number of ether oxygens (including phenoxy) is 1. The van der Waals surface area contributed by atoms with Gasteiger partial charge in [-0.25, -0.2) is 8.42 Å². The molecule has 0 spiro atoms. The van der Waals surface area contributed by atoms with E-state index in [-0.39, 0.29) is 21.5 Å². The highest BCUT2D eigenvalue weighted by Crippen LogP contribution is 2.36. The smallest absolute Gasteiger partial charge is 0.416 e. The normalized spacial score (nSPS) is 12.3. The van der Waals surface area contributed by atoms with Crippen molar-refractivity contribution in [3.8, 4) is 5.75 Å². The van der Waals surface area contributed by atoms with Crippen LogP contribution in [0.4, 0.5) is 18.9 Å². The van der Waals surface area contributed by atoms with Crippen molar-refractivity contribution < 1.29 is 26.3 Å². The molecular weight excluding hydrogens is 403 g/mol. The van der Waals surface area contributed by atoms with E-state index in [0.717, 1.165) is 12.1 Å². The molecule has 0 aliphatic carbocycles. The topological polar surface area (TPSA) is 55.4 Å². The minimum Gasteiger partial charge on any atom is -0.496 e. The number of benzene rings is 2. The molecule has 0 radical (unpaired) electrons. The van der Waals surface area contributed by atoms with Crippen molar-refractivity contribution in [3.05, 3.63) is 52.0 Å². The monoisotopic (exact) mass is 421 g/mol. The Morgan fingerprint density at radius 2 is 1.78 bits per heavy atom. The maximum Gasteiger partial charge on any atom is 0.416 e. The van der Waals surface area contributed by atoms with E-state index in [9.17, 15) is 21.6 Å². The largest absolute Gasteiger partial charge is 0.496 e. The standard InChI is InChI=1S/C18H19ClF3NO3S/c1-10(2)13-9-17(11(3)7-16(13)26-4)27(24,25)23-15-8-12(18(20,21)22)5-6-14(15)19/h5-10,23H,1-4H3. The quantitative estimate of drug-likeness (QED) is 0.683. The van der Waals surface area contributed by atoms with Gasteiger partial charge in [0.25, 0.3) is 10.0 Å². The highest BCUT2D eigenvalue weighted by molar-refractivity contribution is 7.92. The van der Waals surface area contributed by atoms with Gasteiger partial charge in [-0.15, -0.1) is 0 Å². The Morgan fingerprint density at radius 1 is 1.15 bits per heavy atom. The fourth-order valence-electron chi connectivity index (χ4n) is 2.57. The van der Waals surface area contributed by atoms with Crippen LogP contribution in [-0.2, 0) is 16.2 Å². The Labute approximate surface area is 161 Å². The molecule has 2 aromatic rings. The van der Waals surface area contributed by atoms with Gasteiger partial charge in [-0.3, -0.25) is 4.72 Å². The minimum absolute atomic E-state index is 0.0216. The predicted octanol–water partition coefficient (Wildman–Crippen LogP) is 5.60. The van der Waals surface area contributed by atoms with Gasteiger partial charge in [0.05, 0.1) is 28.3 Å². The number of anilines is 1. The number of halogens is 4. The lowest BCUT2D eigenvalue weighted by Gasteiger charge is -2.18. The van der Waals surface area contributed by atoms with Crippen LogP contribution in [0.5, 0.6) is 5.75 Å². The molecule has 0 saturated heterocycles. The fourth-order valence-corrected chi connectivity index (χ4v) is 4.13. The number of nitrogens with one attached hydrogen (secondary N) is 1. The minimum atomic E-state index is -4.62. The first kappa shape index (κ1) is 21.4. The molecule has 9 heteroatoms. The molecule has 148 valence electrons. The average molecular weight is 422 g/mol. The predicted molar refractivity (Wildman–Crippen MR) is 99.1 cm³/mol. The molecule has 0 aliphatic heterocycles. The van der Waals surface area contributed by atoms with E-state index in [1.165, 1.54) is 13.2 Å². The van der Waals surface area contributed by atoms with Crippen LogP contribution in [0.25, 0.3) is 0 Å². The molecule has 0 bridgehead atoms. The summed E-state index contributed by atoms with van der Waals surface area (Å²) >= 11 is 5.89. The van der Waals surface area contributed by atoms with E-state index >= 15 is 0 Å². The van der Waals surface area contributed by atoms with Crippen LogP contribution >= 0.6 is 11.6 Å². The molecule has 2 aromatic carbocycles. The zero-order chi connectivity index (χ0) is 20.6. The van der Waals surface area contributed by atoms with Gasteiger partial charge < -0.3 is 4.74 Å². The van der Waals surface area contributed by atoms with Gasteiger partial charge in [-0.2, -0.15) is 13.2 Å². The summed E-state index contributed by atoms with van der Waals surface area (Å²) in [4.78, 5) is -0.0551. The lowest BCUT2D eigenvalue weighted by atomic mass is 10.0. The van der Waals surface area contributed by atoms with Crippen LogP contribution in [0.15, 0.2) is 35.2 Å². The van der Waals surface area contributed by atoms with Gasteiger partial charge in [-0.05, 0) is 54.3 Å². The number of aryl methyl sites for hydroxylation is 1. The zero-order valence-electron chi connectivity index (χ0n) is 15.1. The highest BCUT2D eigenvalue weighted by atomic mass is 35.5. The van der Waals surface area contributed by atoms with Crippen LogP contribution in [0.2, 0.25) is 5.02 Å². The molecule has 0 atom stereocenters. The van der Waals surface area contributed by atoms with Crippen molar-refractivity contribution >= 4 is 27.3 Å². The molecular formula is C18H19ClF3NO3S. The van der Waals surface area contributed by atoms with Crippen molar-refractivity contribution in [3.63, 3.8) is 0 Å². The Balaban J connectivity index is 2.54. The van der Waals surface area contributed by atoms with Crippen molar-refractivity contribution in [2.75, 3.05) is 11.8 Å². The number of rotatable bonds is 5. The van der Waals surface area contributed by atoms with Crippen LogP contribution in [0.3, 0.4) is 0 Å². The zero-order valence-corrected chi connectivity index (χ0v) is 16.7. The number of sulfonamides is 1. The number of hydrogen-bond donors (Lipinski definition) is 1. The van der Waals surface area contributed by atoms with Crippen LogP contribution in [-0.4, -0.2) is 15.5 Å². The second-order valence-electron chi connectivity index (χ2n) is 6.31. The molecule has 0 amide bonds. The van der Waals surface area contributed by atoms with Crippen molar-refractivity contribution in [2.45, 2.75) is 37.8 Å². The van der Waals surface area contributed by atoms with Crippen molar-refractivity contribution in [2.24, 2.45) is 0 Å². The number of alkyl halides is 3. The van der Waals surface area contributed by atoms with E-state index in [1.807, 2.05) is 13.8 Å². The summed E-state index contributed by atoms with van der Waals surface area (Å²) in [6.45, 7) is 5.33. The van der Waals surface area contributed by atoms with Gasteiger partial charge in [0.1, 0.15) is 5.75 Å². The Morgan fingerprint density at radius 3 is 2.30 bits per heavy atom. The highest BCUT2D eigenvalue weighted by Gasteiger charge is 2.31. The van der Waals surface area contributed by atoms with Gasteiger partial charge >= 0.3 is 6.18 Å². The molecule has 0 heterocycles. The molecule has 0 saturated carbocycles. The van der Waals surface area contributed by atoms with Gasteiger partial charge in [0.2, 0.25) is 0 Å². The van der Waals surface area contributed by atoms with Gasteiger partial charge in [0, 0.05) is 0 Å². The van der Waals surface area contributed by atoms with E-state index < -0.39 is 21.8 Å². The van der Waals surface area contributed by atoms with Crippen LogP contribution < -0.4 is 9.46 Å². The Kier molecular flexibility index (Phi) is 6.01. The maximum atomic E-state index is 12.9. The Hall–Kier alpha value is -1.93. The number of hydrogen-bond acceptors (Lipinski definition) is 3. The third-order valence-electron chi connectivity index (χ3n) is 3.98. The maximum absolute atomic E-state index is 12.9. The Bertz CT molecular complexity index is 957. The summed E-state index contributed by atoms with van der Waals surface area (Å²) < 4.78 is 71.8. The van der Waals surface area contributed by atoms with Crippen LogP contribution in [0.1, 0.15) is 36.5 Å². The molecule has 0 unspecified atom stereocenters. The summed E-state index contributed by atoms with van der Waals surface area (Å²) in [5.41, 5.74) is -0.280. The van der Waals surface area contributed by atoms with E-state index in [2.05, 4.69) is 4.72 Å². The molecule has 4 nitrogen and oxygen atoms in total. The summed E-state index contributed by atoms with van der Waals surface area (Å²) in [7, 11) is -2.69. The first-order valence-electron chi connectivity index (χ1n) is 7.95. The summed E-state index contributed by atoms with van der Waals surface area (Å²) in [5.74, 6) is 0.519. The first-order chi connectivity index (χ1) is 12.4. The van der Waals surface area contributed by atoms with Gasteiger partial charge in [-0.1, -0.05) is 25.4 Å². The molecule has 1 N–H and O–H groups in total. The summed E-state index contributed by atoms with van der Waals surface area (Å²) in [6.07, 6.45) is -4.62. The van der Waals surface area contributed by atoms with E-state index in [4.69, 9.17) is 16.3 Å². The van der Waals surface area contributed by atoms with E-state index in [0.29, 0.717) is 22.9 Å². The lowest BCUT2D eigenvalue weighted by molar-refractivity contribution is -0.137. The fraction of sp³-hybridized carbons (Fsp3) is 0.333. The molecule has 2 rings (SSSR count). The lowest BCUT2D eigenvalue weighted by Crippen LogP contribution is -2.16. The third-order valence-corrected chi connectivity index (χ3v) is 5.81. The SMILES string of the molecule is COc1cc(C)c(S(=O)(=O)Nc2cc(C(F)(F)F)ccc2Cl)cc1C(C)C.